The molecule has 1 aromatic heterocycles. The van der Waals surface area contributed by atoms with Gasteiger partial charge in [0, 0.05) is 34.6 Å². The highest BCUT2D eigenvalue weighted by molar-refractivity contribution is 6.30. The number of alkyl halides is 2. The summed E-state index contributed by atoms with van der Waals surface area (Å²) in [5.74, 6) is -5.47. The van der Waals surface area contributed by atoms with E-state index in [9.17, 15) is 22.8 Å². The van der Waals surface area contributed by atoms with Crippen molar-refractivity contribution >= 4 is 23.7 Å². The molecule has 0 bridgehead atoms. The minimum absolute atomic E-state index is 0.101. The second-order valence-corrected chi connectivity index (χ2v) is 5.49. The highest BCUT2D eigenvalue weighted by Gasteiger charge is 2.46. The summed E-state index contributed by atoms with van der Waals surface area (Å²) in [5.41, 5.74) is 0.0958. The van der Waals surface area contributed by atoms with Crippen LogP contribution in [0.3, 0.4) is 0 Å². The van der Waals surface area contributed by atoms with Gasteiger partial charge in [-0.3, -0.25) is 9.59 Å². The van der Waals surface area contributed by atoms with Crippen LogP contribution in [0, 0.1) is 5.82 Å². The van der Waals surface area contributed by atoms with Crippen molar-refractivity contribution in [1.82, 2.24) is 4.57 Å². The minimum atomic E-state index is -3.49. The van der Waals surface area contributed by atoms with E-state index in [1.54, 1.807) is 0 Å². The molecule has 0 amide bonds. The number of aldehydes is 1. The number of hydrogen-bond donors (Lipinski definition) is 0. The molecule has 0 N–H and O–H groups in total. The van der Waals surface area contributed by atoms with E-state index < -0.39 is 23.9 Å². The van der Waals surface area contributed by atoms with Crippen LogP contribution in [0.4, 0.5) is 13.2 Å². The van der Waals surface area contributed by atoms with Gasteiger partial charge in [-0.15, -0.1) is 0 Å². The number of Topliss-reactive ketones (excluding diaryl/α,β-unsaturated/α-hetero) is 1. The van der Waals surface area contributed by atoms with Crippen LogP contribution < -0.4 is 0 Å². The van der Waals surface area contributed by atoms with Crippen molar-refractivity contribution in [2.24, 2.45) is 0 Å². The van der Waals surface area contributed by atoms with Crippen LogP contribution in [0.5, 0.6) is 0 Å². The van der Waals surface area contributed by atoms with Crippen LogP contribution in [0.15, 0.2) is 24.4 Å². The number of carbonyl (C=O) groups is 2. The third-order valence-electron chi connectivity index (χ3n) is 3.62. The molecule has 0 fully saturated rings. The van der Waals surface area contributed by atoms with Crippen LogP contribution in [0.25, 0.3) is 5.69 Å². The zero-order valence-corrected chi connectivity index (χ0v) is 11.8. The second-order valence-electron chi connectivity index (χ2n) is 5.06. The molecular formula is C15H9ClF3NO2. The number of rotatable bonds is 2. The lowest BCUT2D eigenvalue weighted by Crippen LogP contribution is -2.34. The minimum Gasteiger partial charge on any atom is -0.319 e. The molecule has 0 saturated carbocycles. The van der Waals surface area contributed by atoms with Crippen molar-refractivity contribution in [3.05, 3.63) is 52.1 Å². The summed E-state index contributed by atoms with van der Waals surface area (Å²) in [6.45, 7) is 0. The number of hydrogen-bond acceptors (Lipinski definition) is 2. The van der Waals surface area contributed by atoms with E-state index in [-0.39, 0.29) is 34.0 Å². The highest BCUT2D eigenvalue weighted by Crippen LogP contribution is 2.36. The molecule has 0 radical (unpaired) electrons. The van der Waals surface area contributed by atoms with Crippen LogP contribution in [-0.4, -0.2) is 22.6 Å². The van der Waals surface area contributed by atoms with Gasteiger partial charge in [0.15, 0.2) is 6.29 Å². The van der Waals surface area contributed by atoms with Gasteiger partial charge in [-0.05, 0) is 24.6 Å². The molecule has 0 unspecified atom stereocenters. The second kappa shape index (κ2) is 4.98. The lowest BCUT2D eigenvalue weighted by Gasteiger charge is -2.22. The Morgan fingerprint density at radius 3 is 2.64 bits per heavy atom. The summed E-state index contributed by atoms with van der Waals surface area (Å²) in [6, 6.07) is 3.68. The summed E-state index contributed by atoms with van der Waals surface area (Å²) in [5, 5.41) is 0.123. The highest BCUT2D eigenvalue weighted by atomic mass is 35.5. The standard InChI is InChI=1S/C15H9ClF3NO2/c16-9-3-10(17)5-11(4-9)20-6-8(7-21)13-12(20)1-2-15(18,19)14(13)22/h3-7H,1-2H2. The number of nitrogens with zero attached hydrogens (tertiary/aromatic N) is 1. The number of halogens is 4. The smallest absolute Gasteiger partial charge is 0.310 e. The molecule has 1 heterocycles. The monoisotopic (exact) mass is 327 g/mol. The van der Waals surface area contributed by atoms with Crippen molar-refractivity contribution in [3.63, 3.8) is 0 Å². The van der Waals surface area contributed by atoms with Gasteiger partial charge in [0.25, 0.3) is 0 Å². The number of ketones is 1. The Kier molecular flexibility index (Phi) is 3.36. The van der Waals surface area contributed by atoms with Gasteiger partial charge in [-0.1, -0.05) is 11.6 Å². The van der Waals surface area contributed by atoms with E-state index in [0.29, 0.717) is 6.29 Å². The molecule has 3 rings (SSSR count). The summed E-state index contributed by atoms with van der Waals surface area (Å²) in [4.78, 5) is 23.0. The first-order valence-electron chi connectivity index (χ1n) is 6.42. The quantitative estimate of drug-likeness (QED) is 0.786. The fourth-order valence-corrected chi connectivity index (χ4v) is 2.86. The Morgan fingerprint density at radius 1 is 1.27 bits per heavy atom. The molecule has 0 saturated heterocycles. The van der Waals surface area contributed by atoms with Crippen molar-refractivity contribution < 1.29 is 22.8 Å². The Hall–Kier alpha value is -2.08. The molecule has 114 valence electrons. The van der Waals surface area contributed by atoms with E-state index >= 15 is 0 Å². The zero-order valence-electron chi connectivity index (χ0n) is 11.1. The number of carbonyl (C=O) groups excluding carboxylic acids is 2. The Morgan fingerprint density at radius 2 is 2.00 bits per heavy atom. The molecule has 3 nitrogen and oxygen atoms in total. The van der Waals surface area contributed by atoms with Gasteiger partial charge in [0.2, 0.25) is 5.78 Å². The zero-order chi connectivity index (χ0) is 16.1. The molecule has 0 aliphatic heterocycles. The van der Waals surface area contributed by atoms with Crippen molar-refractivity contribution in [2.45, 2.75) is 18.8 Å². The summed E-state index contributed by atoms with van der Waals surface area (Å²) in [6.07, 6.45) is 0.845. The molecule has 1 aromatic carbocycles. The van der Waals surface area contributed by atoms with Gasteiger partial charge in [0.05, 0.1) is 5.56 Å². The molecule has 22 heavy (non-hydrogen) atoms. The van der Waals surface area contributed by atoms with E-state index in [1.807, 2.05) is 0 Å². The molecular weight excluding hydrogens is 319 g/mol. The fraction of sp³-hybridized carbons (Fsp3) is 0.200. The maximum atomic E-state index is 13.6. The average molecular weight is 328 g/mol. The van der Waals surface area contributed by atoms with E-state index in [1.165, 1.54) is 16.8 Å². The third-order valence-corrected chi connectivity index (χ3v) is 3.84. The van der Waals surface area contributed by atoms with Crippen molar-refractivity contribution in [3.8, 4) is 5.69 Å². The molecule has 7 heteroatoms. The number of aromatic nitrogens is 1. The molecule has 0 spiro atoms. The lowest BCUT2D eigenvalue weighted by molar-refractivity contribution is 0.00169. The van der Waals surface area contributed by atoms with Gasteiger partial charge in [-0.2, -0.15) is 8.78 Å². The topological polar surface area (TPSA) is 39.1 Å². The average Bonchev–Trinajstić information content (AvgIpc) is 2.81. The normalized spacial score (nSPS) is 16.5. The number of fused-ring (bicyclic) bond motifs is 1. The van der Waals surface area contributed by atoms with Crippen LogP contribution in [0.1, 0.15) is 32.8 Å². The maximum Gasteiger partial charge on any atom is 0.310 e. The van der Waals surface area contributed by atoms with E-state index in [2.05, 4.69) is 0 Å². The first kappa shape index (κ1) is 14.8. The predicted molar refractivity (Wildman–Crippen MR) is 73.7 cm³/mol. The summed E-state index contributed by atoms with van der Waals surface area (Å²) < 4.78 is 42.0. The first-order chi connectivity index (χ1) is 10.3. The number of benzene rings is 1. The van der Waals surface area contributed by atoms with Crippen LogP contribution >= 0.6 is 11.6 Å². The molecule has 2 aromatic rings. The molecule has 1 aliphatic rings. The fourth-order valence-electron chi connectivity index (χ4n) is 2.65. The van der Waals surface area contributed by atoms with Crippen molar-refractivity contribution in [2.75, 3.05) is 0 Å². The molecule has 1 aliphatic carbocycles. The van der Waals surface area contributed by atoms with Crippen LogP contribution in [-0.2, 0) is 6.42 Å². The van der Waals surface area contributed by atoms with Gasteiger partial charge >= 0.3 is 5.92 Å². The third kappa shape index (κ3) is 2.23. The van der Waals surface area contributed by atoms with Gasteiger partial charge in [0.1, 0.15) is 5.82 Å². The van der Waals surface area contributed by atoms with E-state index in [0.717, 1.165) is 12.1 Å². The molecule has 0 atom stereocenters. The van der Waals surface area contributed by atoms with Crippen molar-refractivity contribution in [1.29, 1.82) is 0 Å². The Labute approximate surface area is 128 Å². The predicted octanol–water partition coefficient (Wildman–Crippen LogP) is 3.85. The largest absolute Gasteiger partial charge is 0.319 e. The summed E-state index contributed by atoms with van der Waals surface area (Å²) in [7, 11) is 0. The van der Waals surface area contributed by atoms with E-state index in [4.69, 9.17) is 11.6 Å². The van der Waals surface area contributed by atoms with Gasteiger partial charge in [-0.25, -0.2) is 4.39 Å². The van der Waals surface area contributed by atoms with Gasteiger partial charge < -0.3 is 4.57 Å². The SMILES string of the molecule is O=Cc1cn(-c2cc(F)cc(Cl)c2)c2c1C(=O)C(F)(F)CC2. The summed E-state index contributed by atoms with van der Waals surface area (Å²) >= 11 is 5.79. The lowest BCUT2D eigenvalue weighted by atomic mass is 9.91. The maximum absolute atomic E-state index is 13.6. The Bertz CT molecular complexity index is 778. The Balaban J connectivity index is 2.24. The van der Waals surface area contributed by atoms with Crippen LogP contribution in [0.2, 0.25) is 5.02 Å². The first-order valence-corrected chi connectivity index (χ1v) is 6.80.